The Labute approximate surface area is 132 Å². The van der Waals surface area contributed by atoms with Crippen LogP contribution in [0.3, 0.4) is 0 Å². The van der Waals surface area contributed by atoms with Crippen LogP contribution in [-0.2, 0) is 9.53 Å². The van der Waals surface area contributed by atoms with Gasteiger partial charge in [-0.1, -0.05) is 12.2 Å². The summed E-state index contributed by atoms with van der Waals surface area (Å²) in [5.41, 5.74) is -0.531. The summed E-state index contributed by atoms with van der Waals surface area (Å²) in [6.45, 7) is 6.93. The molecule has 22 heavy (non-hydrogen) atoms. The average Bonchev–Trinajstić information content (AvgIpc) is 2.99. The fourth-order valence-electron chi connectivity index (χ4n) is 3.89. The van der Waals surface area contributed by atoms with Crippen molar-refractivity contribution in [2.75, 3.05) is 13.1 Å². The van der Waals surface area contributed by atoms with E-state index in [2.05, 4.69) is 0 Å². The number of carbonyl (C=O) groups excluding carboxylic acids is 2. The second-order valence-corrected chi connectivity index (χ2v) is 7.62. The molecule has 4 rings (SSSR count). The van der Waals surface area contributed by atoms with Crippen molar-refractivity contribution in [3.8, 4) is 0 Å². The van der Waals surface area contributed by atoms with Gasteiger partial charge < -0.3 is 9.64 Å². The molecule has 1 atom stereocenters. The molecule has 1 aliphatic carbocycles. The highest BCUT2D eigenvalue weighted by molar-refractivity contribution is 5.87. The van der Waals surface area contributed by atoms with Crippen molar-refractivity contribution < 1.29 is 14.3 Å². The molecule has 0 aromatic heterocycles. The van der Waals surface area contributed by atoms with Crippen molar-refractivity contribution in [3.63, 3.8) is 0 Å². The molecule has 0 unspecified atom stereocenters. The molecule has 5 nitrogen and oxygen atoms in total. The fraction of sp³-hybridized carbons (Fsp3) is 0.765. The Hall–Kier alpha value is -1.52. The van der Waals surface area contributed by atoms with E-state index < -0.39 is 5.60 Å². The summed E-state index contributed by atoms with van der Waals surface area (Å²) in [6.07, 6.45) is 7.77. The van der Waals surface area contributed by atoms with Crippen molar-refractivity contribution in [1.82, 2.24) is 9.80 Å². The van der Waals surface area contributed by atoms with E-state index in [0.29, 0.717) is 13.1 Å². The maximum Gasteiger partial charge on any atom is 0.411 e. The Morgan fingerprint density at radius 1 is 1.05 bits per heavy atom. The number of hydrogen-bond acceptors (Lipinski definition) is 3. The first-order valence-electron chi connectivity index (χ1n) is 8.32. The van der Waals surface area contributed by atoms with Crippen LogP contribution in [0.25, 0.3) is 0 Å². The topological polar surface area (TPSA) is 49.9 Å². The third-order valence-electron chi connectivity index (χ3n) is 4.87. The van der Waals surface area contributed by atoms with E-state index in [-0.39, 0.29) is 30.0 Å². The third-order valence-corrected chi connectivity index (χ3v) is 4.87. The van der Waals surface area contributed by atoms with Crippen LogP contribution in [0.4, 0.5) is 4.79 Å². The van der Waals surface area contributed by atoms with Crippen LogP contribution >= 0.6 is 0 Å². The SMILES string of the molecule is CC(C)(C)OC(=O)N1C2CCC(CC2)[C@@H]1C(=O)N1CC=CC1. The van der Waals surface area contributed by atoms with Gasteiger partial charge in [-0.3, -0.25) is 9.69 Å². The molecule has 3 fully saturated rings. The van der Waals surface area contributed by atoms with Gasteiger partial charge in [-0.2, -0.15) is 0 Å². The lowest BCUT2D eigenvalue weighted by atomic mass is 9.74. The van der Waals surface area contributed by atoms with E-state index in [0.717, 1.165) is 25.7 Å². The number of amides is 2. The summed E-state index contributed by atoms with van der Waals surface area (Å²) in [7, 11) is 0. The van der Waals surface area contributed by atoms with Crippen molar-refractivity contribution in [2.45, 2.75) is 64.1 Å². The largest absolute Gasteiger partial charge is 0.444 e. The Morgan fingerprint density at radius 3 is 2.18 bits per heavy atom. The minimum absolute atomic E-state index is 0.0882. The van der Waals surface area contributed by atoms with Crippen LogP contribution in [0, 0.1) is 5.92 Å². The Kier molecular flexibility index (Phi) is 3.91. The van der Waals surface area contributed by atoms with Gasteiger partial charge in [-0.05, 0) is 52.4 Å². The molecule has 4 aliphatic rings. The van der Waals surface area contributed by atoms with Crippen LogP contribution < -0.4 is 0 Å². The highest BCUT2D eigenvalue weighted by atomic mass is 16.6. The molecule has 122 valence electrons. The number of rotatable bonds is 1. The predicted molar refractivity (Wildman–Crippen MR) is 83.3 cm³/mol. The van der Waals surface area contributed by atoms with Crippen molar-refractivity contribution in [2.24, 2.45) is 5.92 Å². The third kappa shape index (κ3) is 2.85. The van der Waals surface area contributed by atoms with Crippen LogP contribution in [-0.4, -0.2) is 52.6 Å². The Balaban J connectivity index is 1.81. The molecule has 0 spiro atoms. The quantitative estimate of drug-likeness (QED) is 0.700. The number of ether oxygens (including phenoxy) is 1. The first-order chi connectivity index (χ1) is 10.4. The van der Waals surface area contributed by atoms with Gasteiger partial charge >= 0.3 is 6.09 Å². The molecule has 5 heteroatoms. The first-order valence-corrected chi connectivity index (χ1v) is 8.32. The predicted octanol–water partition coefficient (Wildman–Crippen LogP) is 2.56. The molecule has 1 saturated carbocycles. The summed E-state index contributed by atoms with van der Waals surface area (Å²) < 4.78 is 5.57. The molecule has 2 bridgehead atoms. The van der Waals surface area contributed by atoms with E-state index >= 15 is 0 Å². The minimum atomic E-state index is -0.531. The van der Waals surface area contributed by atoms with Gasteiger partial charge in [-0.25, -0.2) is 4.79 Å². The Bertz CT molecular complexity index is 479. The first kappa shape index (κ1) is 15.4. The van der Waals surface area contributed by atoms with Gasteiger partial charge in [0.1, 0.15) is 11.6 Å². The smallest absolute Gasteiger partial charge is 0.411 e. The summed E-state index contributed by atoms with van der Waals surface area (Å²) in [5.74, 6) is 0.371. The standard InChI is InChI=1S/C17H26N2O3/c1-17(2,3)22-16(21)19-13-8-6-12(7-9-13)14(19)15(20)18-10-4-5-11-18/h4-5,12-14H,6-11H2,1-3H3/t12?,13?,14-/m1/s1. The van der Waals surface area contributed by atoms with E-state index in [4.69, 9.17) is 4.74 Å². The molecule has 0 radical (unpaired) electrons. The number of fused-ring (bicyclic) bond motifs is 3. The van der Waals surface area contributed by atoms with Gasteiger partial charge in [0.25, 0.3) is 0 Å². The maximum atomic E-state index is 12.9. The highest BCUT2D eigenvalue weighted by Crippen LogP contribution is 2.41. The number of nitrogens with zero attached hydrogens (tertiary/aromatic N) is 2. The summed E-state index contributed by atoms with van der Waals surface area (Å²) in [5, 5.41) is 0. The summed E-state index contributed by atoms with van der Waals surface area (Å²) in [4.78, 5) is 29.1. The van der Waals surface area contributed by atoms with Gasteiger partial charge in [0, 0.05) is 19.1 Å². The van der Waals surface area contributed by atoms with E-state index in [1.807, 2.05) is 37.8 Å². The lowest BCUT2D eigenvalue weighted by molar-refractivity contribution is -0.144. The lowest BCUT2D eigenvalue weighted by Crippen LogP contribution is -2.63. The Morgan fingerprint density at radius 2 is 1.64 bits per heavy atom. The molecule has 0 aromatic rings. The normalized spacial score (nSPS) is 30.8. The number of hydrogen-bond donors (Lipinski definition) is 0. The fourth-order valence-corrected chi connectivity index (χ4v) is 3.89. The highest BCUT2D eigenvalue weighted by Gasteiger charge is 2.49. The van der Waals surface area contributed by atoms with Crippen LogP contribution in [0.1, 0.15) is 46.5 Å². The molecule has 2 amide bonds. The van der Waals surface area contributed by atoms with Crippen molar-refractivity contribution >= 4 is 12.0 Å². The molecular formula is C17H26N2O3. The second-order valence-electron chi connectivity index (χ2n) is 7.62. The van der Waals surface area contributed by atoms with Crippen molar-refractivity contribution in [1.29, 1.82) is 0 Å². The molecular weight excluding hydrogens is 280 g/mol. The van der Waals surface area contributed by atoms with Crippen molar-refractivity contribution in [3.05, 3.63) is 12.2 Å². The van der Waals surface area contributed by atoms with Crippen LogP contribution in [0.15, 0.2) is 12.2 Å². The average molecular weight is 306 g/mol. The monoisotopic (exact) mass is 306 g/mol. The van der Waals surface area contributed by atoms with Crippen LogP contribution in [0.5, 0.6) is 0 Å². The molecule has 2 saturated heterocycles. The minimum Gasteiger partial charge on any atom is -0.444 e. The van der Waals surface area contributed by atoms with Gasteiger partial charge in [-0.15, -0.1) is 0 Å². The lowest BCUT2D eigenvalue weighted by Gasteiger charge is -2.50. The zero-order valence-corrected chi connectivity index (χ0v) is 13.7. The van der Waals surface area contributed by atoms with Gasteiger partial charge in [0.2, 0.25) is 5.91 Å². The zero-order valence-electron chi connectivity index (χ0n) is 13.7. The second kappa shape index (κ2) is 5.60. The van der Waals surface area contributed by atoms with Gasteiger partial charge in [0.05, 0.1) is 0 Å². The maximum absolute atomic E-state index is 12.9. The molecule has 3 heterocycles. The van der Waals surface area contributed by atoms with Gasteiger partial charge in [0.15, 0.2) is 0 Å². The summed E-state index contributed by atoms with van der Waals surface area (Å²) in [6, 6.07) is -0.174. The number of carbonyl (C=O) groups is 2. The number of piperidine rings is 2. The summed E-state index contributed by atoms with van der Waals surface area (Å²) >= 11 is 0. The molecule has 0 aromatic carbocycles. The van der Waals surface area contributed by atoms with E-state index in [9.17, 15) is 9.59 Å². The van der Waals surface area contributed by atoms with E-state index in [1.54, 1.807) is 4.90 Å². The zero-order chi connectivity index (χ0) is 15.9. The molecule has 3 aliphatic heterocycles. The molecule has 0 N–H and O–H groups in total. The van der Waals surface area contributed by atoms with E-state index in [1.165, 1.54) is 0 Å². The van der Waals surface area contributed by atoms with Crippen LogP contribution in [0.2, 0.25) is 0 Å².